The summed E-state index contributed by atoms with van der Waals surface area (Å²) in [7, 11) is 0. The highest BCUT2D eigenvalue weighted by atomic mass is 32.1. The number of benzene rings is 3. The Labute approximate surface area is 207 Å². The van der Waals surface area contributed by atoms with Gasteiger partial charge in [-0.1, -0.05) is 55.5 Å². The van der Waals surface area contributed by atoms with Gasteiger partial charge in [0.2, 0.25) is 0 Å². The maximum Gasteiger partial charge on any atom is 0.311 e. The Morgan fingerprint density at radius 1 is 1.03 bits per heavy atom. The van der Waals surface area contributed by atoms with Crippen molar-refractivity contribution in [3.63, 3.8) is 0 Å². The van der Waals surface area contributed by atoms with Gasteiger partial charge in [0.1, 0.15) is 12.2 Å². The van der Waals surface area contributed by atoms with Gasteiger partial charge in [0, 0.05) is 6.07 Å². The maximum atomic E-state index is 13.2. The van der Waals surface area contributed by atoms with Gasteiger partial charge in [0.05, 0.1) is 10.6 Å². The SMILES string of the molecule is CCc1ccc(N2C(=O)C(=Cc3ccc(OCc4ccccc4)c([N+](=O)[O-])c3)C(=O)NC2=S)cc1. The highest BCUT2D eigenvalue weighted by Gasteiger charge is 2.34. The number of aryl methyl sites for hydroxylation is 1. The summed E-state index contributed by atoms with van der Waals surface area (Å²) < 4.78 is 5.65. The van der Waals surface area contributed by atoms with Crippen LogP contribution in [0.5, 0.6) is 5.75 Å². The second kappa shape index (κ2) is 10.3. The molecule has 0 aliphatic carbocycles. The fraction of sp³-hybridized carbons (Fsp3) is 0.115. The summed E-state index contributed by atoms with van der Waals surface area (Å²) in [5, 5.41) is 14.2. The summed E-state index contributed by atoms with van der Waals surface area (Å²) in [6.45, 7) is 2.18. The molecule has 1 aliphatic heterocycles. The van der Waals surface area contributed by atoms with Crippen molar-refractivity contribution in [1.29, 1.82) is 0 Å². The van der Waals surface area contributed by atoms with Crippen LogP contribution in [0.4, 0.5) is 11.4 Å². The van der Waals surface area contributed by atoms with Crippen LogP contribution in [0.25, 0.3) is 6.08 Å². The number of hydrogen-bond donors (Lipinski definition) is 1. The molecular formula is C26H21N3O5S. The van der Waals surface area contributed by atoms with Crippen LogP contribution in [-0.4, -0.2) is 21.9 Å². The number of nitrogens with zero attached hydrogens (tertiary/aromatic N) is 2. The second-order valence-corrected chi connectivity index (χ2v) is 8.12. The van der Waals surface area contributed by atoms with Crippen LogP contribution >= 0.6 is 12.2 Å². The van der Waals surface area contributed by atoms with Gasteiger partial charge in [-0.15, -0.1) is 0 Å². The van der Waals surface area contributed by atoms with Crippen LogP contribution in [0.1, 0.15) is 23.6 Å². The van der Waals surface area contributed by atoms with Gasteiger partial charge < -0.3 is 4.74 Å². The summed E-state index contributed by atoms with van der Waals surface area (Å²) >= 11 is 5.22. The molecule has 3 aromatic rings. The van der Waals surface area contributed by atoms with Crippen LogP contribution in [0.15, 0.2) is 78.4 Å². The van der Waals surface area contributed by atoms with E-state index in [2.05, 4.69) is 5.32 Å². The van der Waals surface area contributed by atoms with Crippen molar-refractivity contribution in [2.45, 2.75) is 20.0 Å². The zero-order chi connectivity index (χ0) is 24.9. The molecule has 1 heterocycles. The van der Waals surface area contributed by atoms with Crippen molar-refractivity contribution in [1.82, 2.24) is 5.32 Å². The molecule has 8 nitrogen and oxygen atoms in total. The maximum absolute atomic E-state index is 13.2. The standard InChI is InChI=1S/C26H21N3O5S/c1-2-17-8-11-20(12-9-17)28-25(31)21(24(30)27-26(28)35)14-19-10-13-23(22(15-19)29(32)33)34-16-18-6-4-3-5-7-18/h3-15H,2,16H2,1H3,(H,27,30,35). The van der Waals surface area contributed by atoms with E-state index in [1.807, 2.05) is 49.4 Å². The molecule has 1 saturated heterocycles. The molecule has 0 aromatic heterocycles. The largest absolute Gasteiger partial charge is 0.482 e. The second-order valence-electron chi connectivity index (χ2n) is 7.74. The molecule has 0 radical (unpaired) electrons. The number of amides is 2. The predicted octanol–water partition coefficient (Wildman–Crippen LogP) is 4.57. The molecule has 0 spiro atoms. The molecular weight excluding hydrogens is 466 g/mol. The lowest BCUT2D eigenvalue weighted by atomic mass is 10.1. The minimum absolute atomic E-state index is 0.0305. The molecule has 2 amide bonds. The zero-order valence-corrected chi connectivity index (χ0v) is 19.6. The number of carbonyl (C=O) groups is 2. The average Bonchev–Trinajstić information content (AvgIpc) is 2.86. The number of nitro groups is 1. The molecule has 9 heteroatoms. The van der Waals surface area contributed by atoms with E-state index in [0.717, 1.165) is 17.5 Å². The smallest absolute Gasteiger partial charge is 0.311 e. The lowest BCUT2D eigenvalue weighted by Crippen LogP contribution is -2.54. The van der Waals surface area contributed by atoms with Crippen molar-refractivity contribution in [2.75, 3.05) is 4.90 Å². The Bertz CT molecular complexity index is 1340. The molecule has 0 bridgehead atoms. The molecule has 0 unspecified atom stereocenters. The normalized spacial score (nSPS) is 14.7. The number of ether oxygens (including phenoxy) is 1. The molecule has 35 heavy (non-hydrogen) atoms. The van der Waals surface area contributed by atoms with E-state index in [0.29, 0.717) is 11.3 Å². The van der Waals surface area contributed by atoms with Crippen LogP contribution in [-0.2, 0) is 22.6 Å². The van der Waals surface area contributed by atoms with Gasteiger partial charge in [-0.3, -0.25) is 29.9 Å². The molecule has 176 valence electrons. The lowest BCUT2D eigenvalue weighted by molar-refractivity contribution is -0.386. The van der Waals surface area contributed by atoms with Crippen molar-refractivity contribution in [3.8, 4) is 5.75 Å². The highest BCUT2D eigenvalue weighted by Crippen LogP contribution is 2.30. The first-order valence-electron chi connectivity index (χ1n) is 10.8. The third kappa shape index (κ3) is 5.25. The van der Waals surface area contributed by atoms with Gasteiger partial charge in [-0.25, -0.2) is 0 Å². The van der Waals surface area contributed by atoms with Crippen LogP contribution in [0, 0.1) is 10.1 Å². The third-order valence-electron chi connectivity index (χ3n) is 5.43. The van der Waals surface area contributed by atoms with E-state index in [4.69, 9.17) is 17.0 Å². The Hall–Kier alpha value is -4.37. The van der Waals surface area contributed by atoms with E-state index >= 15 is 0 Å². The van der Waals surface area contributed by atoms with Gasteiger partial charge in [0.15, 0.2) is 10.9 Å². The van der Waals surface area contributed by atoms with Gasteiger partial charge in [-0.05, 0) is 59.6 Å². The fourth-order valence-corrected chi connectivity index (χ4v) is 3.84. The first kappa shape index (κ1) is 23.8. The lowest BCUT2D eigenvalue weighted by Gasteiger charge is -2.29. The van der Waals surface area contributed by atoms with E-state index < -0.39 is 16.7 Å². The predicted molar refractivity (Wildman–Crippen MR) is 136 cm³/mol. The van der Waals surface area contributed by atoms with Crippen molar-refractivity contribution in [3.05, 3.63) is 105 Å². The zero-order valence-electron chi connectivity index (χ0n) is 18.8. The minimum atomic E-state index is -0.673. The molecule has 0 atom stereocenters. The Kier molecular flexibility index (Phi) is 6.98. The molecule has 1 N–H and O–H groups in total. The topological polar surface area (TPSA) is 102 Å². The Balaban J connectivity index is 1.63. The number of hydrogen-bond acceptors (Lipinski definition) is 6. The molecule has 4 rings (SSSR count). The van der Waals surface area contributed by atoms with E-state index in [9.17, 15) is 19.7 Å². The first-order chi connectivity index (χ1) is 16.9. The summed E-state index contributed by atoms with van der Waals surface area (Å²) in [4.78, 5) is 38.1. The number of anilines is 1. The minimum Gasteiger partial charge on any atom is -0.482 e. The van der Waals surface area contributed by atoms with Crippen molar-refractivity contribution < 1.29 is 19.2 Å². The number of nitro benzene ring substituents is 1. The van der Waals surface area contributed by atoms with Gasteiger partial charge in [0.25, 0.3) is 11.8 Å². The van der Waals surface area contributed by atoms with Crippen molar-refractivity contribution in [2.24, 2.45) is 0 Å². The average molecular weight is 488 g/mol. The summed E-state index contributed by atoms with van der Waals surface area (Å²) in [5.74, 6) is -1.21. The molecule has 1 aliphatic rings. The number of rotatable bonds is 7. The monoisotopic (exact) mass is 487 g/mol. The number of carbonyl (C=O) groups excluding carboxylic acids is 2. The van der Waals surface area contributed by atoms with Crippen molar-refractivity contribution >= 4 is 46.6 Å². The Morgan fingerprint density at radius 3 is 2.40 bits per heavy atom. The van der Waals surface area contributed by atoms with E-state index in [-0.39, 0.29) is 28.7 Å². The molecule has 3 aromatic carbocycles. The van der Waals surface area contributed by atoms with Gasteiger partial charge in [-0.2, -0.15) is 0 Å². The summed E-state index contributed by atoms with van der Waals surface area (Å²) in [6, 6.07) is 20.8. The van der Waals surface area contributed by atoms with E-state index in [1.165, 1.54) is 23.1 Å². The van der Waals surface area contributed by atoms with Crippen LogP contribution < -0.4 is 15.0 Å². The van der Waals surface area contributed by atoms with Crippen LogP contribution in [0.3, 0.4) is 0 Å². The molecule has 0 saturated carbocycles. The van der Waals surface area contributed by atoms with Crippen LogP contribution in [0.2, 0.25) is 0 Å². The Morgan fingerprint density at radius 2 is 1.74 bits per heavy atom. The molecule has 1 fully saturated rings. The van der Waals surface area contributed by atoms with Gasteiger partial charge >= 0.3 is 5.69 Å². The highest BCUT2D eigenvalue weighted by molar-refractivity contribution is 7.80. The summed E-state index contributed by atoms with van der Waals surface area (Å²) in [5.41, 5.74) is 2.30. The summed E-state index contributed by atoms with van der Waals surface area (Å²) in [6.07, 6.45) is 2.14. The fourth-order valence-electron chi connectivity index (χ4n) is 3.56. The quantitative estimate of drug-likeness (QED) is 0.172. The third-order valence-corrected chi connectivity index (χ3v) is 5.72. The van der Waals surface area contributed by atoms with E-state index in [1.54, 1.807) is 18.2 Å². The number of nitrogens with one attached hydrogen (secondary N) is 1. The number of thiocarbonyl (C=S) groups is 1. The first-order valence-corrected chi connectivity index (χ1v) is 11.2.